The summed E-state index contributed by atoms with van der Waals surface area (Å²) in [5.41, 5.74) is -0.0502. The van der Waals surface area contributed by atoms with Crippen molar-refractivity contribution >= 4 is 11.9 Å². The maximum absolute atomic E-state index is 13.5. The molecule has 180 valence electrons. The van der Waals surface area contributed by atoms with E-state index in [1.165, 1.54) is 0 Å². The van der Waals surface area contributed by atoms with Gasteiger partial charge in [0.2, 0.25) is 0 Å². The number of guanidine groups is 1. The first-order chi connectivity index (χ1) is 16.4. The van der Waals surface area contributed by atoms with Crippen LogP contribution < -0.4 is 5.32 Å². The lowest BCUT2D eigenvalue weighted by Crippen LogP contribution is -2.57. The number of rotatable bonds is 9. The minimum atomic E-state index is -1.60. The quantitative estimate of drug-likeness (QED) is 0.258. The van der Waals surface area contributed by atoms with Crippen LogP contribution >= 0.6 is 0 Å². The highest BCUT2D eigenvalue weighted by Crippen LogP contribution is 2.30. The first-order valence-corrected chi connectivity index (χ1v) is 11.7. The average Bonchev–Trinajstić information content (AvgIpc) is 2.88. The van der Waals surface area contributed by atoms with Gasteiger partial charge >= 0.3 is 0 Å². The molecule has 1 aliphatic rings. The number of unbranched alkanes of at least 4 members (excludes halogenated alkanes) is 3. The van der Waals surface area contributed by atoms with Crippen molar-refractivity contribution in [3.8, 4) is 11.8 Å². The number of carbonyl (C=O) groups is 1. The van der Waals surface area contributed by atoms with Gasteiger partial charge in [0.15, 0.2) is 11.6 Å². The normalized spacial score (nSPS) is 15.3. The number of nitriles is 1. The van der Waals surface area contributed by atoms with Crippen molar-refractivity contribution in [1.82, 2.24) is 15.1 Å². The molecular formula is C26H33N5O3. The third-order valence-corrected chi connectivity index (χ3v) is 6.21. The Kier molecular flexibility index (Phi) is 8.88. The first-order valence-electron chi connectivity index (χ1n) is 11.7. The second kappa shape index (κ2) is 12.1. The first kappa shape index (κ1) is 25.1. The molecule has 1 saturated heterocycles. The Morgan fingerprint density at radius 3 is 2.29 bits per heavy atom. The number of phenols is 1. The molecule has 0 spiro atoms. The highest BCUT2D eigenvalue weighted by Gasteiger charge is 2.41. The number of carbonyl (C=O) groups excluding carboxylic acids is 1. The molecule has 0 bridgehead atoms. The summed E-state index contributed by atoms with van der Waals surface area (Å²) < 4.78 is 0. The fourth-order valence-electron chi connectivity index (χ4n) is 4.16. The Morgan fingerprint density at radius 1 is 1.00 bits per heavy atom. The van der Waals surface area contributed by atoms with Crippen LogP contribution in [0.25, 0.3) is 0 Å². The van der Waals surface area contributed by atoms with Gasteiger partial charge in [0.1, 0.15) is 5.75 Å². The molecule has 1 fully saturated rings. The van der Waals surface area contributed by atoms with Gasteiger partial charge in [-0.15, -0.1) is 0 Å². The number of aromatic hydroxyl groups is 1. The Labute approximate surface area is 200 Å². The monoisotopic (exact) mass is 463 g/mol. The van der Waals surface area contributed by atoms with Crippen LogP contribution in [0.2, 0.25) is 0 Å². The van der Waals surface area contributed by atoms with Gasteiger partial charge in [-0.3, -0.25) is 10.2 Å². The molecule has 2 aromatic carbocycles. The largest absolute Gasteiger partial charge is 0.508 e. The number of phenolic OH excluding ortho intramolecular Hbond substituents is 1. The summed E-state index contributed by atoms with van der Waals surface area (Å²) in [7, 11) is 0. The number of amides is 1. The van der Waals surface area contributed by atoms with Crippen LogP contribution in [-0.2, 0) is 16.9 Å². The van der Waals surface area contributed by atoms with Gasteiger partial charge in [0, 0.05) is 39.1 Å². The van der Waals surface area contributed by atoms with Gasteiger partial charge in [-0.25, -0.2) is 0 Å². The fraction of sp³-hybridized carbons (Fsp3) is 0.423. The molecule has 34 heavy (non-hydrogen) atoms. The zero-order valence-electron chi connectivity index (χ0n) is 19.4. The predicted molar refractivity (Wildman–Crippen MR) is 130 cm³/mol. The van der Waals surface area contributed by atoms with Gasteiger partial charge in [-0.1, -0.05) is 48.9 Å². The molecule has 0 saturated carbocycles. The second-order valence-corrected chi connectivity index (χ2v) is 8.59. The minimum Gasteiger partial charge on any atom is -0.508 e. The molecule has 1 atom stereocenters. The summed E-state index contributed by atoms with van der Waals surface area (Å²) in [5.74, 6) is 0.190. The average molecular weight is 464 g/mol. The lowest BCUT2D eigenvalue weighted by Gasteiger charge is -2.40. The lowest BCUT2D eigenvalue weighted by atomic mass is 9.86. The Balaban J connectivity index is 1.56. The lowest BCUT2D eigenvalue weighted by molar-refractivity contribution is -0.155. The van der Waals surface area contributed by atoms with Crippen LogP contribution in [0.4, 0.5) is 0 Å². The summed E-state index contributed by atoms with van der Waals surface area (Å²) in [6, 6.07) is 18.0. The number of nitrogens with zero attached hydrogens (tertiary/aromatic N) is 3. The van der Waals surface area contributed by atoms with Crippen LogP contribution in [0, 0.1) is 16.7 Å². The highest BCUT2D eigenvalue weighted by atomic mass is 16.3. The molecule has 2 aromatic rings. The van der Waals surface area contributed by atoms with E-state index in [1.54, 1.807) is 41.3 Å². The van der Waals surface area contributed by atoms with Crippen molar-refractivity contribution < 1.29 is 15.0 Å². The van der Waals surface area contributed by atoms with Crippen molar-refractivity contribution in [2.45, 2.75) is 44.2 Å². The third-order valence-electron chi connectivity index (χ3n) is 6.21. The SMILES string of the molecule is N#CCCCCC[C@](O)(C(=O)N1CCN(C(=N)NCc2ccc(O)cc2)CC1)c1ccccc1. The summed E-state index contributed by atoms with van der Waals surface area (Å²) in [4.78, 5) is 17.0. The molecule has 4 N–H and O–H groups in total. The molecule has 0 radical (unpaired) electrons. The number of nitrogens with one attached hydrogen (secondary N) is 2. The highest BCUT2D eigenvalue weighted by molar-refractivity contribution is 5.87. The molecule has 0 aromatic heterocycles. The topological polar surface area (TPSA) is 124 Å². The maximum atomic E-state index is 13.5. The summed E-state index contributed by atoms with van der Waals surface area (Å²) in [6.45, 7) is 2.32. The third kappa shape index (κ3) is 6.49. The van der Waals surface area contributed by atoms with Crippen LogP contribution in [-0.4, -0.2) is 58.1 Å². The zero-order chi connectivity index (χ0) is 24.4. The molecular weight excluding hydrogens is 430 g/mol. The van der Waals surface area contributed by atoms with Crippen LogP contribution in [0.1, 0.15) is 43.2 Å². The molecule has 8 nitrogen and oxygen atoms in total. The summed E-state index contributed by atoms with van der Waals surface area (Å²) >= 11 is 0. The molecule has 1 amide bonds. The molecule has 8 heteroatoms. The number of piperazine rings is 1. The zero-order valence-corrected chi connectivity index (χ0v) is 19.4. The van der Waals surface area contributed by atoms with Gasteiger partial charge < -0.3 is 25.3 Å². The fourth-order valence-corrected chi connectivity index (χ4v) is 4.16. The van der Waals surface area contributed by atoms with E-state index < -0.39 is 5.60 Å². The van der Waals surface area contributed by atoms with Gasteiger partial charge in [-0.05, 0) is 42.5 Å². The Morgan fingerprint density at radius 2 is 1.65 bits per heavy atom. The Bertz CT molecular complexity index is 982. The van der Waals surface area contributed by atoms with Crippen LogP contribution in [0.5, 0.6) is 5.75 Å². The second-order valence-electron chi connectivity index (χ2n) is 8.59. The molecule has 0 aliphatic carbocycles. The minimum absolute atomic E-state index is 0.206. The summed E-state index contributed by atoms with van der Waals surface area (Å²) in [6.07, 6.45) is 2.99. The summed E-state index contributed by atoms with van der Waals surface area (Å²) in [5, 5.41) is 41.1. The van der Waals surface area contributed by atoms with Gasteiger partial charge in [0.05, 0.1) is 6.07 Å². The number of aliphatic hydroxyl groups is 1. The number of benzene rings is 2. The number of hydrogen-bond donors (Lipinski definition) is 4. The van der Waals surface area contributed by atoms with Crippen molar-refractivity contribution in [1.29, 1.82) is 10.7 Å². The predicted octanol–water partition coefficient (Wildman–Crippen LogP) is 2.92. The van der Waals surface area contributed by atoms with E-state index in [-0.39, 0.29) is 17.6 Å². The van der Waals surface area contributed by atoms with Crippen molar-refractivity contribution in [3.63, 3.8) is 0 Å². The van der Waals surface area contributed by atoms with E-state index in [2.05, 4.69) is 11.4 Å². The van der Waals surface area contributed by atoms with Crippen molar-refractivity contribution in [3.05, 3.63) is 65.7 Å². The van der Waals surface area contributed by atoms with Crippen molar-refractivity contribution in [2.24, 2.45) is 0 Å². The van der Waals surface area contributed by atoms with Crippen LogP contribution in [0.15, 0.2) is 54.6 Å². The van der Waals surface area contributed by atoms with E-state index in [0.29, 0.717) is 57.5 Å². The van der Waals surface area contributed by atoms with E-state index in [0.717, 1.165) is 18.4 Å². The van der Waals surface area contributed by atoms with E-state index in [9.17, 15) is 15.0 Å². The van der Waals surface area contributed by atoms with E-state index >= 15 is 0 Å². The molecule has 1 heterocycles. The maximum Gasteiger partial charge on any atom is 0.259 e. The molecule has 3 rings (SSSR count). The Hall–Kier alpha value is -3.57. The van der Waals surface area contributed by atoms with Crippen LogP contribution in [0.3, 0.4) is 0 Å². The molecule has 0 unspecified atom stereocenters. The van der Waals surface area contributed by atoms with Gasteiger partial charge in [0.25, 0.3) is 5.91 Å². The number of hydrogen-bond acceptors (Lipinski definition) is 5. The van der Waals surface area contributed by atoms with E-state index in [1.807, 2.05) is 23.1 Å². The standard InChI is InChI=1S/C26H33N5O3/c27-15-7-2-1-6-14-26(34,22-8-4-3-5-9-22)24(33)30-16-18-31(19-17-30)25(28)29-20-21-10-12-23(32)13-11-21/h3-5,8-13,32,34H,1-2,6-7,14,16-20H2,(H2,28,29)/t26-/m1/s1. The van der Waals surface area contributed by atoms with Crippen molar-refractivity contribution in [2.75, 3.05) is 26.2 Å². The smallest absolute Gasteiger partial charge is 0.259 e. The molecule has 1 aliphatic heterocycles. The van der Waals surface area contributed by atoms with Gasteiger partial charge in [-0.2, -0.15) is 5.26 Å². The van der Waals surface area contributed by atoms with E-state index in [4.69, 9.17) is 10.7 Å².